The number of ether oxygens (including phenoxy) is 1. The molecule has 3 heterocycles. The van der Waals surface area contributed by atoms with Crippen molar-refractivity contribution in [3.8, 4) is 5.75 Å². The number of hydrogen-bond acceptors (Lipinski definition) is 6. The Morgan fingerprint density at radius 3 is 2.71 bits per heavy atom. The summed E-state index contributed by atoms with van der Waals surface area (Å²) in [6.07, 6.45) is 2.93. The molecule has 0 unspecified atom stereocenters. The van der Waals surface area contributed by atoms with Gasteiger partial charge >= 0.3 is 12.0 Å². The smallest absolute Gasteiger partial charge is 0.324 e. The number of nitrogens with zero attached hydrogens (tertiary/aromatic N) is 3. The zero-order valence-electron chi connectivity index (χ0n) is 16.9. The van der Waals surface area contributed by atoms with Gasteiger partial charge in [-0.25, -0.2) is 4.79 Å². The lowest BCUT2D eigenvalue weighted by Crippen LogP contribution is -2.37. The Morgan fingerprint density at radius 2 is 1.90 bits per heavy atom. The van der Waals surface area contributed by atoms with E-state index in [0.29, 0.717) is 18.0 Å². The summed E-state index contributed by atoms with van der Waals surface area (Å²) < 4.78 is 6.95. The van der Waals surface area contributed by atoms with E-state index in [9.17, 15) is 9.59 Å². The number of fused-ring (bicyclic) bond motifs is 2. The molecule has 5 rings (SSSR count). The van der Waals surface area contributed by atoms with Gasteiger partial charge in [0, 0.05) is 34.1 Å². The number of esters is 1. The minimum absolute atomic E-state index is 0.127. The number of nitrogens with two attached hydrogens (primary N) is 1. The normalized spacial score (nSPS) is 16.4. The van der Waals surface area contributed by atoms with E-state index in [1.54, 1.807) is 29.5 Å². The van der Waals surface area contributed by atoms with Gasteiger partial charge in [0.15, 0.2) is 0 Å². The van der Waals surface area contributed by atoms with Crippen LogP contribution in [0.15, 0.2) is 52.8 Å². The molecule has 2 aromatic carbocycles. The second kappa shape index (κ2) is 8.03. The van der Waals surface area contributed by atoms with Crippen molar-refractivity contribution in [1.29, 1.82) is 0 Å². The minimum Gasteiger partial charge on any atom is -0.426 e. The summed E-state index contributed by atoms with van der Waals surface area (Å²) in [5.74, 6) is 0.134. The van der Waals surface area contributed by atoms with Crippen LogP contribution in [0.4, 0.5) is 16.2 Å². The first-order chi connectivity index (χ1) is 15.1. The fourth-order valence-electron chi connectivity index (χ4n) is 4.21. The fourth-order valence-corrected chi connectivity index (χ4v) is 5.18. The van der Waals surface area contributed by atoms with Gasteiger partial charge in [0.25, 0.3) is 0 Å². The van der Waals surface area contributed by atoms with E-state index in [4.69, 9.17) is 10.5 Å². The van der Waals surface area contributed by atoms with Crippen molar-refractivity contribution < 1.29 is 14.3 Å². The van der Waals surface area contributed by atoms with E-state index >= 15 is 0 Å². The highest BCUT2D eigenvalue weighted by Crippen LogP contribution is 2.35. The molecule has 2 N–H and O–H groups in total. The molecule has 0 aliphatic carbocycles. The van der Waals surface area contributed by atoms with E-state index < -0.39 is 6.03 Å². The summed E-state index contributed by atoms with van der Waals surface area (Å²) in [5.41, 5.74) is 8.10. The number of hydrogen-bond donors (Lipinski definition) is 1. The molecule has 0 bridgehead atoms. The van der Waals surface area contributed by atoms with E-state index in [0.717, 1.165) is 31.5 Å². The van der Waals surface area contributed by atoms with Crippen LogP contribution in [0.5, 0.6) is 5.75 Å². The quantitative estimate of drug-likeness (QED) is 0.495. The molecule has 0 spiro atoms. The lowest BCUT2D eigenvalue weighted by Gasteiger charge is -2.32. The molecule has 0 atom stereocenters. The molecule has 8 heteroatoms. The van der Waals surface area contributed by atoms with Crippen LogP contribution in [-0.4, -0.2) is 31.4 Å². The predicted molar refractivity (Wildman–Crippen MR) is 123 cm³/mol. The molecule has 31 heavy (non-hydrogen) atoms. The van der Waals surface area contributed by atoms with Gasteiger partial charge in [-0.1, -0.05) is 18.2 Å². The van der Waals surface area contributed by atoms with Gasteiger partial charge < -0.3 is 15.4 Å². The average Bonchev–Trinajstić information content (AvgIpc) is 3.22. The van der Waals surface area contributed by atoms with Crippen LogP contribution >= 0.6 is 11.3 Å². The Balaban J connectivity index is 1.23. The van der Waals surface area contributed by atoms with Crippen molar-refractivity contribution in [2.45, 2.75) is 19.4 Å². The van der Waals surface area contributed by atoms with Gasteiger partial charge in [0.2, 0.25) is 0 Å². The van der Waals surface area contributed by atoms with Crippen LogP contribution in [0.3, 0.4) is 0 Å². The van der Waals surface area contributed by atoms with Crippen LogP contribution in [0.25, 0.3) is 10.1 Å². The first kappa shape index (κ1) is 19.6. The van der Waals surface area contributed by atoms with Crippen molar-refractivity contribution >= 4 is 51.1 Å². The highest BCUT2D eigenvalue weighted by atomic mass is 32.1. The van der Waals surface area contributed by atoms with E-state index in [-0.39, 0.29) is 11.9 Å². The van der Waals surface area contributed by atoms with E-state index in [2.05, 4.69) is 39.5 Å². The molecule has 7 nitrogen and oxygen atoms in total. The van der Waals surface area contributed by atoms with E-state index in [1.807, 2.05) is 0 Å². The Morgan fingerprint density at radius 1 is 1.10 bits per heavy atom. The third kappa shape index (κ3) is 3.74. The number of aliphatic imine (C=N–C) groups is 1. The molecule has 2 aliphatic rings. The summed E-state index contributed by atoms with van der Waals surface area (Å²) in [6, 6.07) is 13.0. The van der Waals surface area contributed by atoms with Gasteiger partial charge in [0.05, 0.1) is 30.2 Å². The number of anilines is 2. The molecule has 0 saturated carbocycles. The molecule has 1 saturated heterocycles. The van der Waals surface area contributed by atoms with Gasteiger partial charge in [-0.2, -0.15) is 0 Å². The van der Waals surface area contributed by atoms with E-state index in [1.165, 1.54) is 27.0 Å². The number of thiophene rings is 1. The number of primary amides is 1. The van der Waals surface area contributed by atoms with Crippen molar-refractivity contribution in [3.63, 3.8) is 0 Å². The Bertz CT molecular complexity index is 1180. The number of piperidine rings is 1. The van der Waals surface area contributed by atoms with Crippen LogP contribution < -0.4 is 20.3 Å². The lowest BCUT2D eigenvalue weighted by molar-refractivity contribution is -0.139. The van der Waals surface area contributed by atoms with Gasteiger partial charge in [-0.3, -0.25) is 14.7 Å². The molecule has 1 aromatic heterocycles. The summed E-state index contributed by atoms with van der Waals surface area (Å²) in [7, 11) is 0. The second-order valence-electron chi connectivity index (χ2n) is 7.75. The van der Waals surface area contributed by atoms with Crippen molar-refractivity contribution in [3.05, 3.63) is 53.4 Å². The summed E-state index contributed by atoms with van der Waals surface area (Å²) in [5, 5.41) is 3.48. The highest BCUT2D eigenvalue weighted by molar-refractivity contribution is 7.17. The zero-order valence-corrected chi connectivity index (χ0v) is 17.7. The highest BCUT2D eigenvalue weighted by Gasteiger charge is 2.28. The number of benzene rings is 2. The second-order valence-corrected chi connectivity index (χ2v) is 8.67. The molecular formula is C23H22N4O3S. The number of urea groups is 1. The summed E-state index contributed by atoms with van der Waals surface area (Å²) >= 11 is 1.75. The van der Waals surface area contributed by atoms with Gasteiger partial charge in [-0.15, -0.1) is 11.3 Å². The Hall–Kier alpha value is -3.39. The van der Waals surface area contributed by atoms with Crippen molar-refractivity contribution in [1.82, 2.24) is 0 Å². The number of amides is 2. The fraction of sp³-hybridized carbons (Fsp3) is 0.261. The largest absolute Gasteiger partial charge is 0.426 e. The Labute approximate surface area is 183 Å². The standard InChI is InChI=1S/C23H22N4O3S/c24-23(29)27-14-25-12-16-11-17(5-6-19(16)27)30-22(28)15-7-9-26(10-8-15)20-13-31-21-4-2-1-3-18(20)21/h1-6,11,13-15H,7-10,12H2,(H2,24,29). The van der Waals surface area contributed by atoms with Crippen molar-refractivity contribution in [2.75, 3.05) is 22.9 Å². The maximum Gasteiger partial charge on any atom is 0.324 e. The lowest BCUT2D eigenvalue weighted by atomic mass is 9.96. The average molecular weight is 435 g/mol. The summed E-state index contributed by atoms with van der Waals surface area (Å²) in [4.78, 5) is 32.1. The molecule has 1 fully saturated rings. The Kier molecular flexibility index (Phi) is 5.07. The molecule has 3 aromatic rings. The first-order valence-corrected chi connectivity index (χ1v) is 11.1. The number of carbonyl (C=O) groups is 2. The van der Waals surface area contributed by atoms with Gasteiger partial charge in [0.1, 0.15) is 5.75 Å². The SMILES string of the molecule is NC(=O)N1C=NCc2cc(OC(=O)C3CCN(c4csc5ccccc45)CC3)ccc21. The molecule has 0 radical (unpaired) electrons. The minimum atomic E-state index is -0.598. The molecular weight excluding hydrogens is 412 g/mol. The van der Waals surface area contributed by atoms with Gasteiger partial charge in [-0.05, 0) is 37.1 Å². The number of carbonyl (C=O) groups excluding carboxylic acids is 2. The monoisotopic (exact) mass is 434 g/mol. The van der Waals surface area contributed by atoms with Crippen LogP contribution in [0.2, 0.25) is 0 Å². The topological polar surface area (TPSA) is 88.2 Å². The van der Waals surface area contributed by atoms with Crippen molar-refractivity contribution in [2.24, 2.45) is 16.6 Å². The first-order valence-electron chi connectivity index (χ1n) is 10.2. The van der Waals surface area contributed by atoms with Crippen LogP contribution in [-0.2, 0) is 11.3 Å². The number of rotatable bonds is 3. The zero-order chi connectivity index (χ0) is 21.4. The van der Waals surface area contributed by atoms with Crippen LogP contribution in [0.1, 0.15) is 18.4 Å². The molecule has 2 amide bonds. The maximum atomic E-state index is 12.8. The molecule has 2 aliphatic heterocycles. The third-order valence-electron chi connectivity index (χ3n) is 5.85. The third-order valence-corrected chi connectivity index (χ3v) is 6.81. The maximum absolute atomic E-state index is 12.8. The predicted octanol–water partition coefficient (Wildman–Crippen LogP) is 4.15. The molecule has 158 valence electrons. The summed E-state index contributed by atoms with van der Waals surface area (Å²) in [6.45, 7) is 2.07. The van der Waals surface area contributed by atoms with Crippen LogP contribution in [0, 0.1) is 5.92 Å².